The van der Waals surface area contributed by atoms with E-state index >= 15 is 0 Å². The molecule has 2 aromatic heterocycles. The van der Waals surface area contributed by atoms with Crippen molar-refractivity contribution in [1.82, 2.24) is 14.5 Å². The molecule has 0 spiro atoms. The lowest BCUT2D eigenvalue weighted by molar-refractivity contribution is 0.286. The van der Waals surface area contributed by atoms with E-state index in [0.29, 0.717) is 29.8 Å². The van der Waals surface area contributed by atoms with Crippen molar-refractivity contribution in [2.45, 2.75) is 30.6 Å². The third kappa shape index (κ3) is 3.32. The third-order valence-electron chi connectivity index (χ3n) is 4.56. The fourth-order valence-electron chi connectivity index (χ4n) is 3.12. The van der Waals surface area contributed by atoms with Gasteiger partial charge in [0.1, 0.15) is 0 Å². The van der Waals surface area contributed by atoms with Crippen LogP contribution in [0.3, 0.4) is 0 Å². The Balaban J connectivity index is 1.55. The molecule has 1 unspecified atom stereocenters. The van der Waals surface area contributed by atoms with E-state index in [9.17, 15) is 8.42 Å². The van der Waals surface area contributed by atoms with Crippen LogP contribution in [0.2, 0.25) is 0 Å². The van der Waals surface area contributed by atoms with Crippen LogP contribution >= 0.6 is 11.3 Å². The highest BCUT2D eigenvalue weighted by atomic mass is 32.2. The Morgan fingerprint density at radius 1 is 1.19 bits per heavy atom. The molecule has 6 nitrogen and oxygen atoms in total. The molecular formula is C18H19N3O3S2. The van der Waals surface area contributed by atoms with Gasteiger partial charge in [0.05, 0.1) is 15.7 Å². The number of thiophene rings is 1. The number of piperidine rings is 1. The van der Waals surface area contributed by atoms with E-state index in [0.717, 1.165) is 23.3 Å². The lowest BCUT2D eigenvalue weighted by Crippen LogP contribution is -2.39. The van der Waals surface area contributed by atoms with Crippen LogP contribution in [0.25, 0.3) is 10.8 Å². The predicted octanol–water partition coefficient (Wildman–Crippen LogP) is 3.67. The van der Waals surface area contributed by atoms with Crippen LogP contribution in [-0.2, 0) is 10.0 Å². The number of rotatable bonds is 4. The summed E-state index contributed by atoms with van der Waals surface area (Å²) in [4.78, 5) is 1.25. The topological polar surface area (TPSA) is 76.3 Å². The van der Waals surface area contributed by atoms with E-state index < -0.39 is 10.0 Å². The minimum absolute atomic E-state index is 0.0785. The SMILES string of the molecule is Cc1ccc(S(=O)(=O)N2CCCC(c3nnc(-c4cccs4)o3)C2)cc1. The Bertz CT molecular complexity index is 979. The summed E-state index contributed by atoms with van der Waals surface area (Å²) in [5.74, 6) is 0.927. The average molecular weight is 390 g/mol. The fourth-order valence-corrected chi connectivity index (χ4v) is 5.29. The summed E-state index contributed by atoms with van der Waals surface area (Å²) in [5, 5.41) is 10.2. The Morgan fingerprint density at radius 3 is 2.73 bits per heavy atom. The van der Waals surface area contributed by atoms with E-state index in [2.05, 4.69) is 10.2 Å². The molecule has 1 aromatic carbocycles. The van der Waals surface area contributed by atoms with E-state index in [1.54, 1.807) is 12.1 Å². The molecule has 0 N–H and O–H groups in total. The van der Waals surface area contributed by atoms with Crippen molar-refractivity contribution in [3.05, 3.63) is 53.2 Å². The lowest BCUT2D eigenvalue weighted by Gasteiger charge is -2.30. The highest BCUT2D eigenvalue weighted by molar-refractivity contribution is 7.89. The summed E-state index contributed by atoms with van der Waals surface area (Å²) in [5.41, 5.74) is 1.03. The van der Waals surface area contributed by atoms with E-state index in [-0.39, 0.29) is 5.92 Å². The van der Waals surface area contributed by atoms with Gasteiger partial charge in [-0.15, -0.1) is 21.5 Å². The number of sulfonamides is 1. The van der Waals surface area contributed by atoms with Gasteiger partial charge >= 0.3 is 0 Å². The van der Waals surface area contributed by atoms with Crippen molar-refractivity contribution >= 4 is 21.4 Å². The number of benzene rings is 1. The van der Waals surface area contributed by atoms with Crippen molar-refractivity contribution < 1.29 is 12.8 Å². The van der Waals surface area contributed by atoms with Crippen LogP contribution in [0, 0.1) is 6.92 Å². The smallest absolute Gasteiger partial charge is 0.257 e. The number of nitrogens with zero attached hydrogens (tertiary/aromatic N) is 3. The summed E-state index contributed by atoms with van der Waals surface area (Å²) in [6.07, 6.45) is 1.61. The molecule has 0 saturated carbocycles. The van der Waals surface area contributed by atoms with Crippen molar-refractivity contribution in [2.24, 2.45) is 0 Å². The number of aryl methyl sites for hydroxylation is 1. The molecule has 3 aromatic rings. The Labute approximate surface area is 156 Å². The van der Waals surface area contributed by atoms with Gasteiger partial charge in [-0.1, -0.05) is 23.8 Å². The van der Waals surface area contributed by atoms with E-state index in [4.69, 9.17) is 4.42 Å². The van der Waals surface area contributed by atoms with Crippen molar-refractivity contribution in [1.29, 1.82) is 0 Å². The van der Waals surface area contributed by atoms with Gasteiger partial charge in [-0.25, -0.2) is 8.42 Å². The van der Waals surface area contributed by atoms with Gasteiger partial charge in [0, 0.05) is 13.1 Å². The molecule has 1 saturated heterocycles. The second-order valence-electron chi connectivity index (χ2n) is 6.44. The summed E-state index contributed by atoms with van der Waals surface area (Å²) < 4.78 is 33.2. The third-order valence-corrected chi connectivity index (χ3v) is 7.30. The second kappa shape index (κ2) is 6.94. The Kier molecular flexibility index (Phi) is 4.64. The summed E-state index contributed by atoms with van der Waals surface area (Å²) in [6, 6.07) is 10.8. The molecule has 4 rings (SSSR count). The second-order valence-corrected chi connectivity index (χ2v) is 9.32. The first-order valence-corrected chi connectivity index (χ1v) is 10.8. The van der Waals surface area contributed by atoms with Gasteiger partial charge in [-0.05, 0) is 43.3 Å². The molecular weight excluding hydrogens is 370 g/mol. The molecule has 1 atom stereocenters. The monoisotopic (exact) mass is 389 g/mol. The summed E-state index contributed by atoms with van der Waals surface area (Å²) in [6.45, 7) is 2.81. The molecule has 8 heteroatoms. The molecule has 0 aliphatic carbocycles. The lowest BCUT2D eigenvalue weighted by atomic mass is 10.00. The number of hydrogen-bond donors (Lipinski definition) is 0. The molecule has 1 fully saturated rings. The maximum Gasteiger partial charge on any atom is 0.257 e. The highest BCUT2D eigenvalue weighted by Gasteiger charge is 2.33. The van der Waals surface area contributed by atoms with E-state index in [1.807, 2.05) is 36.6 Å². The van der Waals surface area contributed by atoms with Crippen molar-refractivity contribution in [2.75, 3.05) is 13.1 Å². The summed E-state index contributed by atoms with van der Waals surface area (Å²) >= 11 is 1.54. The fraction of sp³-hybridized carbons (Fsp3) is 0.333. The molecule has 0 radical (unpaired) electrons. The summed E-state index contributed by atoms with van der Waals surface area (Å²) in [7, 11) is -3.51. The minimum atomic E-state index is -3.51. The maximum absolute atomic E-state index is 12.9. The molecule has 136 valence electrons. The molecule has 0 amide bonds. The van der Waals surface area contributed by atoms with Gasteiger partial charge in [-0.2, -0.15) is 4.31 Å². The van der Waals surface area contributed by atoms with Crippen molar-refractivity contribution in [3.63, 3.8) is 0 Å². The molecule has 0 bridgehead atoms. The molecule has 1 aliphatic rings. The van der Waals surface area contributed by atoms with Crippen molar-refractivity contribution in [3.8, 4) is 10.8 Å². The van der Waals surface area contributed by atoms with Gasteiger partial charge < -0.3 is 4.42 Å². The molecule has 3 heterocycles. The highest BCUT2D eigenvalue weighted by Crippen LogP contribution is 2.32. The van der Waals surface area contributed by atoms with E-state index in [1.165, 1.54) is 15.6 Å². The first-order chi connectivity index (χ1) is 12.5. The molecule has 1 aliphatic heterocycles. The Hall–Kier alpha value is -2.03. The largest absolute Gasteiger partial charge is 0.420 e. The van der Waals surface area contributed by atoms with Gasteiger partial charge in [-0.3, -0.25) is 0 Å². The van der Waals surface area contributed by atoms with Crippen LogP contribution < -0.4 is 0 Å². The van der Waals surface area contributed by atoms with Crippen LogP contribution in [0.15, 0.2) is 51.1 Å². The molecule has 26 heavy (non-hydrogen) atoms. The van der Waals surface area contributed by atoms with Crippen LogP contribution in [0.1, 0.15) is 30.2 Å². The normalized spacial score (nSPS) is 18.9. The van der Waals surface area contributed by atoms with Gasteiger partial charge in [0.15, 0.2) is 0 Å². The zero-order valence-electron chi connectivity index (χ0n) is 14.3. The zero-order chi connectivity index (χ0) is 18.1. The zero-order valence-corrected chi connectivity index (χ0v) is 16.0. The maximum atomic E-state index is 12.9. The quantitative estimate of drug-likeness (QED) is 0.680. The number of hydrogen-bond acceptors (Lipinski definition) is 6. The number of aromatic nitrogens is 2. The predicted molar refractivity (Wildman–Crippen MR) is 99.5 cm³/mol. The van der Waals surface area contributed by atoms with Gasteiger partial charge in [0.25, 0.3) is 5.89 Å². The first kappa shape index (κ1) is 17.4. The van der Waals surface area contributed by atoms with Crippen LogP contribution in [0.4, 0.5) is 0 Å². The first-order valence-electron chi connectivity index (χ1n) is 8.48. The standard InChI is InChI=1S/C18H19N3O3S2/c1-13-6-8-15(9-7-13)26(22,23)21-10-2-4-14(12-21)17-19-20-18(24-17)16-5-3-11-25-16/h3,5-9,11,14H,2,4,10,12H2,1H3. The van der Waals surface area contributed by atoms with Crippen LogP contribution in [-0.4, -0.2) is 36.0 Å². The van der Waals surface area contributed by atoms with Gasteiger partial charge in [0.2, 0.25) is 15.9 Å². The minimum Gasteiger partial charge on any atom is -0.420 e. The Morgan fingerprint density at radius 2 is 2.00 bits per heavy atom. The average Bonchev–Trinajstić information content (AvgIpc) is 3.34. The van der Waals surface area contributed by atoms with Crippen LogP contribution in [0.5, 0.6) is 0 Å².